The van der Waals surface area contributed by atoms with Crippen molar-refractivity contribution < 1.29 is 5.11 Å². The van der Waals surface area contributed by atoms with Gasteiger partial charge in [0.25, 0.3) is 0 Å². The van der Waals surface area contributed by atoms with E-state index >= 15 is 0 Å². The number of rotatable bonds is 5. The molecule has 1 fully saturated rings. The standard InChI is InChI=1S/C17H26O/c1-2-3-7-12-17(18)13-10-16(11-14-17)15-8-5-4-6-9-15/h4-6,8-9,16,18H,2-3,7,10-14H2,1H3. The summed E-state index contributed by atoms with van der Waals surface area (Å²) in [6.07, 6.45) is 8.93. The fourth-order valence-electron chi connectivity index (χ4n) is 3.17. The second-order valence-corrected chi connectivity index (χ2v) is 5.87. The van der Waals surface area contributed by atoms with Gasteiger partial charge < -0.3 is 5.11 Å². The zero-order valence-corrected chi connectivity index (χ0v) is 11.6. The minimum absolute atomic E-state index is 0.361. The molecule has 0 radical (unpaired) electrons. The van der Waals surface area contributed by atoms with Crippen molar-refractivity contribution >= 4 is 0 Å². The molecule has 0 heterocycles. The molecule has 0 spiro atoms. The van der Waals surface area contributed by atoms with Gasteiger partial charge in [-0.2, -0.15) is 0 Å². The third-order valence-corrected chi connectivity index (χ3v) is 4.43. The summed E-state index contributed by atoms with van der Waals surface area (Å²) in [7, 11) is 0. The van der Waals surface area contributed by atoms with Crippen LogP contribution in [-0.2, 0) is 0 Å². The third kappa shape index (κ3) is 3.58. The number of benzene rings is 1. The van der Waals surface area contributed by atoms with Gasteiger partial charge in [0.2, 0.25) is 0 Å². The zero-order chi connectivity index (χ0) is 12.8. The predicted octanol–water partition coefficient (Wildman–Crippen LogP) is 4.66. The monoisotopic (exact) mass is 246 g/mol. The number of unbranched alkanes of at least 4 members (excludes halogenated alkanes) is 2. The Morgan fingerprint density at radius 2 is 1.78 bits per heavy atom. The number of hydrogen-bond acceptors (Lipinski definition) is 1. The first-order chi connectivity index (χ1) is 8.73. The van der Waals surface area contributed by atoms with Crippen LogP contribution in [0.5, 0.6) is 0 Å². The molecule has 1 aromatic carbocycles. The molecular weight excluding hydrogens is 220 g/mol. The van der Waals surface area contributed by atoms with Crippen LogP contribution < -0.4 is 0 Å². The van der Waals surface area contributed by atoms with Gasteiger partial charge in [-0.15, -0.1) is 0 Å². The maximum absolute atomic E-state index is 10.6. The van der Waals surface area contributed by atoms with E-state index in [1.165, 1.54) is 24.8 Å². The molecule has 0 amide bonds. The second kappa shape index (κ2) is 6.38. The average molecular weight is 246 g/mol. The van der Waals surface area contributed by atoms with E-state index in [9.17, 15) is 5.11 Å². The highest BCUT2D eigenvalue weighted by Gasteiger charge is 2.32. The van der Waals surface area contributed by atoms with Gasteiger partial charge >= 0.3 is 0 Å². The van der Waals surface area contributed by atoms with Crippen LogP contribution in [-0.4, -0.2) is 10.7 Å². The molecule has 1 aliphatic carbocycles. The molecule has 1 nitrogen and oxygen atoms in total. The molecular formula is C17H26O. The normalized spacial score (nSPS) is 28.2. The Morgan fingerprint density at radius 1 is 1.11 bits per heavy atom. The second-order valence-electron chi connectivity index (χ2n) is 5.87. The van der Waals surface area contributed by atoms with E-state index in [-0.39, 0.29) is 5.60 Å². The van der Waals surface area contributed by atoms with E-state index in [0.717, 1.165) is 32.1 Å². The van der Waals surface area contributed by atoms with Crippen molar-refractivity contribution in [1.29, 1.82) is 0 Å². The lowest BCUT2D eigenvalue weighted by Crippen LogP contribution is -2.33. The van der Waals surface area contributed by atoms with E-state index in [1.54, 1.807) is 0 Å². The summed E-state index contributed by atoms with van der Waals surface area (Å²) in [6.45, 7) is 2.22. The van der Waals surface area contributed by atoms with Gasteiger partial charge in [0, 0.05) is 0 Å². The molecule has 18 heavy (non-hydrogen) atoms. The van der Waals surface area contributed by atoms with Crippen LogP contribution in [0.3, 0.4) is 0 Å². The summed E-state index contributed by atoms with van der Waals surface area (Å²) < 4.78 is 0. The predicted molar refractivity (Wildman–Crippen MR) is 76.7 cm³/mol. The summed E-state index contributed by atoms with van der Waals surface area (Å²) in [5.74, 6) is 0.664. The molecule has 1 saturated carbocycles. The fraction of sp³-hybridized carbons (Fsp3) is 0.647. The smallest absolute Gasteiger partial charge is 0.0648 e. The highest BCUT2D eigenvalue weighted by molar-refractivity contribution is 5.20. The molecule has 1 aromatic rings. The topological polar surface area (TPSA) is 20.2 Å². The Bertz CT molecular complexity index is 336. The highest BCUT2D eigenvalue weighted by Crippen LogP contribution is 2.40. The average Bonchev–Trinajstić information content (AvgIpc) is 2.41. The summed E-state index contributed by atoms with van der Waals surface area (Å²) in [5, 5.41) is 10.6. The zero-order valence-electron chi connectivity index (χ0n) is 11.6. The van der Waals surface area contributed by atoms with E-state index < -0.39 is 0 Å². The van der Waals surface area contributed by atoms with Gasteiger partial charge in [-0.3, -0.25) is 0 Å². The largest absolute Gasteiger partial charge is 0.390 e. The van der Waals surface area contributed by atoms with Crippen molar-refractivity contribution in [2.45, 2.75) is 69.8 Å². The Balaban J connectivity index is 1.84. The summed E-state index contributed by atoms with van der Waals surface area (Å²) >= 11 is 0. The van der Waals surface area contributed by atoms with Gasteiger partial charge in [-0.25, -0.2) is 0 Å². The summed E-state index contributed by atoms with van der Waals surface area (Å²) in [6, 6.07) is 10.8. The molecule has 100 valence electrons. The Hall–Kier alpha value is -0.820. The molecule has 1 N–H and O–H groups in total. The number of hydrogen-bond donors (Lipinski definition) is 1. The molecule has 0 aromatic heterocycles. The van der Waals surface area contributed by atoms with Crippen molar-refractivity contribution in [3.63, 3.8) is 0 Å². The molecule has 0 bridgehead atoms. The van der Waals surface area contributed by atoms with Crippen molar-refractivity contribution in [2.24, 2.45) is 0 Å². The van der Waals surface area contributed by atoms with Gasteiger partial charge in [0.15, 0.2) is 0 Å². The SMILES string of the molecule is CCCCCC1(O)CCC(c2ccccc2)CC1. The molecule has 0 atom stereocenters. The quantitative estimate of drug-likeness (QED) is 0.749. The van der Waals surface area contributed by atoms with Gasteiger partial charge in [0.1, 0.15) is 0 Å². The Morgan fingerprint density at radius 3 is 2.39 bits per heavy atom. The minimum atomic E-state index is -0.361. The van der Waals surface area contributed by atoms with Crippen LogP contribution in [0.4, 0.5) is 0 Å². The van der Waals surface area contributed by atoms with Crippen LogP contribution in [0.1, 0.15) is 69.8 Å². The fourth-order valence-corrected chi connectivity index (χ4v) is 3.17. The van der Waals surface area contributed by atoms with Gasteiger partial charge in [0.05, 0.1) is 5.60 Å². The van der Waals surface area contributed by atoms with Crippen LogP contribution >= 0.6 is 0 Å². The minimum Gasteiger partial charge on any atom is -0.390 e. The molecule has 0 saturated heterocycles. The highest BCUT2D eigenvalue weighted by atomic mass is 16.3. The first kappa shape index (κ1) is 13.6. The summed E-state index contributed by atoms with van der Waals surface area (Å²) in [5.41, 5.74) is 1.09. The van der Waals surface area contributed by atoms with Crippen LogP contribution in [0.2, 0.25) is 0 Å². The van der Waals surface area contributed by atoms with Crippen LogP contribution in [0.25, 0.3) is 0 Å². The lowest BCUT2D eigenvalue weighted by atomic mass is 9.74. The van der Waals surface area contributed by atoms with Crippen molar-refractivity contribution in [1.82, 2.24) is 0 Å². The molecule has 1 heteroatoms. The first-order valence-electron chi connectivity index (χ1n) is 7.51. The van der Waals surface area contributed by atoms with Crippen molar-refractivity contribution in [3.8, 4) is 0 Å². The molecule has 2 rings (SSSR count). The number of aliphatic hydroxyl groups is 1. The first-order valence-corrected chi connectivity index (χ1v) is 7.51. The molecule has 1 aliphatic rings. The lowest BCUT2D eigenvalue weighted by molar-refractivity contribution is -0.0105. The van der Waals surface area contributed by atoms with E-state index in [2.05, 4.69) is 37.3 Å². The Kier molecular flexibility index (Phi) is 4.82. The third-order valence-electron chi connectivity index (χ3n) is 4.43. The van der Waals surface area contributed by atoms with E-state index in [1.807, 2.05) is 0 Å². The molecule has 0 aliphatic heterocycles. The lowest BCUT2D eigenvalue weighted by Gasteiger charge is -2.36. The van der Waals surface area contributed by atoms with E-state index in [0.29, 0.717) is 5.92 Å². The van der Waals surface area contributed by atoms with Gasteiger partial charge in [-0.1, -0.05) is 56.5 Å². The van der Waals surface area contributed by atoms with Gasteiger partial charge in [-0.05, 0) is 43.6 Å². The summed E-state index contributed by atoms with van der Waals surface area (Å²) in [4.78, 5) is 0. The Labute approximate surface area is 111 Å². The van der Waals surface area contributed by atoms with Crippen molar-refractivity contribution in [3.05, 3.63) is 35.9 Å². The van der Waals surface area contributed by atoms with Crippen LogP contribution in [0.15, 0.2) is 30.3 Å². The molecule has 0 unspecified atom stereocenters. The van der Waals surface area contributed by atoms with E-state index in [4.69, 9.17) is 0 Å². The van der Waals surface area contributed by atoms with Crippen LogP contribution in [0, 0.1) is 0 Å². The maximum Gasteiger partial charge on any atom is 0.0648 e. The maximum atomic E-state index is 10.6. The van der Waals surface area contributed by atoms with Crippen molar-refractivity contribution in [2.75, 3.05) is 0 Å².